The van der Waals surface area contributed by atoms with E-state index in [9.17, 15) is 0 Å². The van der Waals surface area contributed by atoms with Crippen LogP contribution < -0.4 is 0 Å². The molecule has 0 spiro atoms. The molecule has 0 radical (unpaired) electrons. The molecule has 0 aliphatic heterocycles. The summed E-state index contributed by atoms with van der Waals surface area (Å²) >= 11 is 1.82. The van der Waals surface area contributed by atoms with E-state index in [0.29, 0.717) is 5.25 Å². The largest absolute Gasteiger partial charge is 0.198 e. The summed E-state index contributed by atoms with van der Waals surface area (Å²) in [6.07, 6.45) is 3.01. The Labute approximate surface area is 110 Å². The Balaban J connectivity index is 0.00000256. The molecule has 0 heterocycles. The molecule has 1 aromatic carbocycles. The van der Waals surface area contributed by atoms with E-state index in [-0.39, 0.29) is 12.8 Å². The molecule has 0 fully saturated rings. The summed E-state index contributed by atoms with van der Waals surface area (Å²) in [7, 11) is 0. The van der Waals surface area contributed by atoms with E-state index in [1.807, 2.05) is 25.6 Å². The van der Waals surface area contributed by atoms with Crippen LogP contribution in [0.5, 0.6) is 0 Å². The molecule has 1 unspecified atom stereocenters. The molecular formula is C15H23NS. The molecule has 1 nitrogen and oxygen atoms in total. The maximum atomic E-state index is 9.07. The van der Waals surface area contributed by atoms with Gasteiger partial charge in [0.1, 0.15) is 0 Å². The van der Waals surface area contributed by atoms with Crippen LogP contribution >= 0.6 is 11.8 Å². The van der Waals surface area contributed by atoms with Gasteiger partial charge in [0.15, 0.2) is 0 Å². The monoisotopic (exact) mass is 249 g/mol. The molecule has 1 rings (SSSR count). The van der Waals surface area contributed by atoms with Gasteiger partial charge in [-0.2, -0.15) is 17.0 Å². The van der Waals surface area contributed by atoms with Crippen molar-refractivity contribution in [2.24, 2.45) is 5.41 Å². The van der Waals surface area contributed by atoms with E-state index in [1.54, 1.807) is 0 Å². The number of nitrogens with zero attached hydrogens (tertiary/aromatic N) is 1. The Kier molecular flexibility index (Phi) is 6.34. The van der Waals surface area contributed by atoms with Gasteiger partial charge in [-0.1, -0.05) is 37.3 Å². The molecule has 0 aromatic heterocycles. The first-order valence-corrected chi connectivity index (χ1v) is 6.78. The van der Waals surface area contributed by atoms with Gasteiger partial charge >= 0.3 is 0 Å². The van der Waals surface area contributed by atoms with Crippen LogP contribution in [0.4, 0.5) is 0 Å². The van der Waals surface area contributed by atoms with Gasteiger partial charge in [-0.15, -0.1) is 0 Å². The molecule has 0 N–H and O–H groups in total. The van der Waals surface area contributed by atoms with Crippen LogP contribution in [-0.4, -0.2) is 6.26 Å². The minimum absolute atomic E-state index is 0. The standard InChI is InChI=1S/C14H19NS.CH4/c1-11-5-7-12(8-6-11)13(16-4)9-14(2,3)10-15;/h5-8,13H,9H2,1-4H3;1H4. The van der Waals surface area contributed by atoms with Crippen molar-refractivity contribution in [3.05, 3.63) is 35.4 Å². The summed E-state index contributed by atoms with van der Waals surface area (Å²) < 4.78 is 0. The summed E-state index contributed by atoms with van der Waals surface area (Å²) in [6, 6.07) is 11.0. The fourth-order valence-corrected chi connectivity index (χ4v) is 2.64. The second-order valence-corrected chi connectivity index (χ2v) is 5.88. The molecule has 1 aromatic rings. The van der Waals surface area contributed by atoms with Crippen molar-refractivity contribution in [1.29, 1.82) is 5.26 Å². The van der Waals surface area contributed by atoms with Crippen molar-refractivity contribution in [1.82, 2.24) is 0 Å². The quantitative estimate of drug-likeness (QED) is 0.751. The number of thioether (sulfide) groups is 1. The van der Waals surface area contributed by atoms with Gasteiger partial charge < -0.3 is 0 Å². The lowest BCUT2D eigenvalue weighted by molar-refractivity contribution is 0.448. The Morgan fingerprint density at radius 3 is 2.24 bits per heavy atom. The normalized spacial score (nSPS) is 12.4. The highest BCUT2D eigenvalue weighted by Crippen LogP contribution is 2.37. The average molecular weight is 249 g/mol. The molecule has 1 atom stereocenters. The fourth-order valence-electron chi connectivity index (χ4n) is 1.63. The van der Waals surface area contributed by atoms with Crippen molar-refractivity contribution in [2.75, 3.05) is 6.26 Å². The molecule has 94 valence electrons. The molecule has 2 heteroatoms. The van der Waals surface area contributed by atoms with Gasteiger partial charge in [-0.3, -0.25) is 0 Å². The minimum atomic E-state index is -0.251. The molecule has 0 aliphatic rings. The maximum absolute atomic E-state index is 9.07. The maximum Gasteiger partial charge on any atom is 0.0684 e. The topological polar surface area (TPSA) is 23.8 Å². The Morgan fingerprint density at radius 2 is 1.82 bits per heavy atom. The average Bonchev–Trinajstić information content (AvgIpc) is 2.27. The Bertz CT molecular complexity index is 373. The summed E-state index contributed by atoms with van der Waals surface area (Å²) in [5, 5.41) is 9.48. The summed E-state index contributed by atoms with van der Waals surface area (Å²) in [4.78, 5) is 0. The van der Waals surface area contributed by atoms with E-state index < -0.39 is 0 Å². The molecule has 0 saturated carbocycles. The van der Waals surface area contributed by atoms with E-state index in [0.717, 1.165) is 6.42 Å². The molecule has 0 amide bonds. The van der Waals surface area contributed by atoms with Gasteiger partial charge in [0.25, 0.3) is 0 Å². The Hall–Kier alpha value is -0.940. The molecular weight excluding hydrogens is 226 g/mol. The predicted molar refractivity (Wildman–Crippen MR) is 78.2 cm³/mol. The van der Waals surface area contributed by atoms with Crippen LogP contribution in [-0.2, 0) is 0 Å². The zero-order valence-electron chi connectivity index (χ0n) is 10.4. The highest BCUT2D eigenvalue weighted by molar-refractivity contribution is 7.98. The number of aryl methyl sites for hydroxylation is 1. The van der Waals surface area contributed by atoms with Crippen LogP contribution in [0.3, 0.4) is 0 Å². The molecule has 17 heavy (non-hydrogen) atoms. The van der Waals surface area contributed by atoms with Crippen LogP contribution in [0.1, 0.15) is 44.1 Å². The predicted octanol–water partition coefficient (Wildman–Crippen LogP) is 4.98. The number of nitriles is 1. The minimum Gasteiger partial charge on any atom is -0.198 e. The van der Waals surface area contributed by atoms with Crippen molar-refractivity contribution in [3.63, 3.8) is 0 Å². The third-order valence-corrected chi connectivity index (χ3v) is 3.74. The van der Waals surface area contributed by atoms with Gasteiger partial charge in [0.05, 0.1) is 11.5 Å². The lowest BCUT2D eigenvalue weighted by atomic mass is 9.87. The zero-order chi connectivity index (χ0) is 12.2. The number of benzene rings is 1. The van der Waals surface area contributed by atoms with Gasteiger partial charge in [-0.25, -0.2) is 0 Å². The van der Waals surface area contributed by atoms with Crippen LogP contribution in [0.15, 0.2) is 24.3 Å². The number of hydrogen-bond donors (Lipinski definition) is 0. The molecule has 0 bridgehead atoms. The van der Waals surface area contributed by atoms with E-state index >= 15 is 0 Å². The summed E-state index contributed by atoms with van der Waals surface area (Å²) in [5.74, 6) is 0. The second kappa shape index (κ2) is 6.71. The van der Waals surface area contributed by atoms with E-state index in [2.05, 4.69) is 43.5 Å². The highest BCUT2D eigenvalue weighted by atomic mass is 32.2. The Morgan fingerprint density at radius 1 is 1.29 bits per heavy atom. The fraction of sp³-hybridized carbons (Fsp3) is 0.533. The third kappa shape index (κ3) is 4.83. The van der Waals surface area contributed by atoms with E-state index in [1.165, 1.54) is 11.1 Å². The van der Waals surface area contributed by atoms with Crippen molar-refractivity contribution < 1.29 is 0 Å². The number of rotatable bonds is 4. The SMILES string of the molecule is C.CSC(CC(C)(C)C#N)c1ccc(C)cc1. The van der Waals surface area contributed by atoms with Crippen molar-refractivity contribution >= 4 is 11.8 Å². The van der Waals surface area contributed by atoms with Gasteiger partial charge in [0.2, 0.25) is 0 Å². The van der Waals surface area contributed by atoms with Crippen molar-refractivity contribution in [2.45, 2.75) is 39.9 Å². The zero-order valence-corrected chi connectivity index (χ0v) is 11.3. The van der Waals surface area contributed by atoms with Gasteiger partial charge in [-0.05, 0) is 39.0 Å². The molecule has 0 aliphatic carbocycles. The summed E-state index contributed by atoms with van der Waals surface area (Å²) in [6.45, 7) is 6.10. The first kappa shape index (κ1) is 16.1. The first-order chi connectivity index (χ1) is 7.48. The summed E-state index contributed by atoms with van der Waals surface area (Å²) in [5.41, 5.74) is 2.35. The highest BCUT2D eigenvalue weighted by Gasteiger charge is 2.23. The van der Waals surface area contributed by atoms with Crippen LogP contribution in [0.25, 0.3) is 0 Å². The second-order valence-electron chi connectivity index (χ2n) is 4.83. The van der Waals surface area contributed by atoms with Gasteiger partial charge in [0, 0.05) is 5.25 Å². The lowest BCUT2D eigenvalue weighted by Crippen LogP contribution is -2.12. The third-order valence-electron chi connectivity index (χ3n) is 2.73. The lowest BCUT2D eigenvalue weighted by Gasteiger charge is -2.22. The van der Waals surface area contributed by atoms with Crippen molar-refractivity contribution in [3.8, 4) is 6.07 Å². The molecule has 0 saturated heterocycles. The van der Waals surface area contributed by atoms with E-state index in [4.69, 9.17) is 5.26 Å². The smallest absolute Gasteiger partial charge is 0.0684 e. The number of hydrogen-bond acceptors (Lipinski definition) is 2. The first-order valence-electron chi connectivity index (χ1n) is 5.49. The van der Waals surface area contributed by atoms with Crippen LogP contribution in [0, 0.1) is 23.7 Å². The van der Waals surface area contributed by atoms with Crippen LogP contribution in [0.2, 0.25) is 0 Å².